The molecular formula is C23H21ClN4. The van der Waals surface area contributed by atoms with E-state index < -0.39 is 0 Å². The summed E-state index contributed by atoms with van der Waals surface area (Å²) in [7, 11) is 0. The molecule has 0 radical (unpaired) electrons. The molecule has 0 unspecified atom stereocenters. The predicted octanol–water partition coefficient (Wildman–Crippen LogP) is 5.81. The molecule has 0 spiro atoms. The van der Waals surface area contributed by atoms with Gasteiger partial charge in [-0.25, -0.2) is 9.97 Å². The van der Waals surface area contributed by atoms with Crippen LogP contribution in [0.3, 0.4) is 0 Å². The van der Waals surface area contributed by atoms with Gasteiger partial charge >= 0.3 is 0 Å². The molecule has 2 fully saturated rings. The highest BCUT2D eigenvalue weighted by Gasteiger charge is 2.31. The van der Waals surface area contributed by atoms with Crippen LogP contribution in [0.15, 0.2) is 55.1 Å². The van der Waals surface area contributed by atoms with Gasteiger partial charge in [0.05, 0.1) is 35.1 Å². The van der Waals surface area contributed by atoms with Crippen molar-refractivity contribution in [2.45, 2.75) is 44.2 Å². The van der Waals surface area contributed by atoms with Gasteiger partial charge in [-0.15, -0.1) is 0 Å². The summed E-state index contributed by atoms with van der Waals surface area (Å²) in [5, 5.41) is 0.786. The molecule has 0 amide bonds. The van der Waals surface area contributed by atoms with E-state index in [1.54, 1.807) is 0 Å². The van der Waals surface area contributed by atoms with Gasteiger partial charge in [-0.3, -0.25) is 0 Å². The fraction of sp³-hybridized carbons (Fsp3) is 0.304. The molecule has 2 aromatic carbocycles. The Morgan fingerprint density at radius 2 is 1.82 bits per heavy atom. The van der Waals surface area contributed by atoms with E-state index in [0.29, 0.717) is 12.0 Å². The lowest BCUT2D eigenvalue weighted by Crippen LogP contribution is -2.02. The van der Waals surface area contributed by atoms with Crippen molar-refractivity contribution in [1.82, 2.24) is 19.1 Å². The topological polar surface area (TPSA) is 35.6 Å². The van der Waals surface area contributed by atoms with Crippen molar-refractivity contribution in [2.24, 2.45) is 0 Å². The molecule has 0 saturated heterocycles. The van der Waals surface area contributed by atoms with Crippen LogP contribution >= 0.6 is 11.6 Å². The van der Waals surface area contributed by atoms with Crippen LogP contribution in [-0.2, 0) is 6.54 Å². The number of nitrogens with zero attached hydrogens (tertiary/aromatic N) is 4. The second-order valence-electron chi connectivity index (χ2n) is 8.07. The SMILES string of the molecule is Clc1ccccc1-c1c(C2CC2)ncn1Cc1ccc2ncn(C3CC3)c2c1. The van der Waals surface area contributed by atoms with Crippen molar-refractivity contribution in [2.75, 3.05) is 0 Å². The number of benzene rings is 2. The number of rotatable bonds is 5. The van der Waals surface area contributed by atoms with Crippen LogP contribution in [-0.4, -0.2) is 19.1 Å². The predicted molar refractivity (Wildman–Crippen MR) is 112 cm³/mol. The third kappa shape index (κ3) is 2.75. The number of hydrogen-bond acceptors (Lipinski definition) is 2. The lowest BCUT2D eigenvalue weighted by molar-refractivity contribution is 0.763. The summed E-state index contributed by atoms with van der Waals surface area (Å²) in [5.74, 6) is 0.575. The zero-order valence-corrected chi connectivity index (χ0v) is 16.3. The zero-order chi connectivity index (χ0) is 18.7. The van der Waals surface area contributed by atoms with E-state index >= 15 is 0 Å². The summed E-state index contributed by atoms with van der Waals surface area (Å²) in [6.07, 6.45) is 8.94. The Kier molecular flexibility index (Phi) is 3.63. The lowest BCUT2D eigenvalue weighted by Gasteiger charge is -2.12. The van der Waals surface area contributed by atoms with Gasteiger partial charge < -0.3 is 9.13 Å². The Morgan fingerprint density at radius 1 is 0.964 bits per heavy atom. The van der Waals surface area contributed by atoms with Gasteiger partial charge in [0.25, 0.3) is 0 Å². The summed E-state index contributed by atoms with van der Waals surface area (Å²) < 4.78 is 4.59. The van der Waals surface area contributed by atoms with Crippen molar-refractivity contribution in [3.63, 3.8) is 0 Å². The molecular weight excluding hydrogens is 368 g/mol. The van der Waals surface area contributed by atoms with Gasteiger partial charge in [0.15, 0.2) is 0 Å². The van der Waals surface area contributed by atoms with Crippen molar-refractivity contribution in [1.29, 1.82) is 0 Å². The van der Waals surface area contributed by atoms with Crippen LogP contribution in [0.25, 0.3) is 22.3 Å². The standard InChI is InChI=1S/C23H21ClN4/c24-19-4-2-1-3-18(19)23-22(16-6-7-16)26-13-27(23)12-15-5-10-20-21(11-15)28(14-25-20)17-8-9-17/h1-5,10-11,13-14,16-17H,6-9,12H2. The van der Waals surface area contributed by atoms with Gasteiger partial charge in [-0.2, -0.15) is 0 Å². The second-order valence-corrected chi connectivity index (χ2v) is 8.47. The van der Waals surface area contributed by atoms with Crippen LogP contribution in [0.1, 0.15) is 48.9 Å². The summed E-state index contributed by atoms with van der Waals surface area (Å²) >= 11 is 6.56. The molecule has 2 heterocycles. The van der Waals surface area contributed by atoms with E-state index in [1.807, 2.05) is 24.8 Å². The quantitative estimate of drug-likeness (QED) is 0.432. The molecule has 2 saturated carbocycles. The first-order valence-corrected chi connectivity index (χ1v) is 10.4. The van der Waals surface area contributed by atoms with Crippen LogP contribution in [0.4, 0.5) is 0 Å². The van der Waals surface area contributed by atoms with Gasteiger partial charge in [0.1, 0.15) is 0 Å². The number of fused-ring (bicyclic) bond motifs is 1. The minimum Gasteiger partial charge on any atom is -0.327 e. The monoisotopic (exact) mass is 388 g/mol. The van der Waals surface area contributed by atoms with Crippen molar-refractivity contribution in [3.8, 4) is 11.3 Å². The van der Waals surface area contributed by atoms with Gasteiger partial charge in [-0.05, 0) is 49.4 Å². The van der Waals surface area contributed by atoms with Crippen LogP contribution in [0.2, 0.25) is 5.02 Å². The average molecular weight is 389 g/mol. The van der Waals surface area contributed by atoms with Crippen molar-refractivity contribution >= 4 is 22.6 Å². The van der Waals surface area contributed by atoms with E-state index in [9.17, 15) is 0 Å². The van der Waals surface area contributed by atoms with Crippen LogP contribution in [0.5, 0.6) is 0 Å². The highest BCUT2D eigenvalue weighted by atomic mass is 35.5. The molecule has 4 aromatic rings. The molecule has 0 atom stereocenters. The third-order valence-corrected chi connectivity index (χ3v) is 6.22. The smallest absolute Gasteiger partial charge is 0.0960 e. The third-order valence-electron chi connectivity index (χ3n) is 5.89. The maximum absolute atomic E-state index is 6.56. The fourth-order valence-electron chi connectivity index (χ4n) is 4.13. The molecule has 140 valence electrons. The lowest BCUT2D eigenvalue weighted by atomic mass is 10.1. The largest absolute Gasteiger partial charge is 0.327 e. The Morgan fingerprint density at radius 3 is 2.61 bits per heavy atom. The normalized spacial score (nSPS) is 16.8. The summed E-state index contributed by atoms with van der Waals surface area (Å²) in [4.78, 5) is 9.35. The average Bonchev–Trinajstić information content (AvgIpc) is 3.64. The summed E-state index contributed by atoms with van der Waals surface area (Å²) in [6, 6.07) is 15.3. The van der Waals surface area contributed by atoms with Crippen molar-refractivity contribution in [3.05, 3.63) is 71.4 Å². The van der Waals surface area contributed by atoms with Gasteiger partial charge in [0.2, 0.25) is 0 Å². The van der Waals surface area contributed by atoms with E-state index in [2.05, 4.69) is 44.5 Å². The summed E-state index contributed by atoms with van der Waals surface area (Å²) in [5.41, 5.74) is 7.02. The van der Waals surface area contributed by atoms with E-state index in [4.69, 9.17) is 16.6 Å². The highest BCUT2D eigenvalue weighted by molar-refractivity contribution is 6.33. The van der Waals surface area contributed by atoms with Gasteiger partial charge in [0, 0.05) is 29.1 Å². The Balaban J connectivity index is 1.43. The molecule has 0 N–H and O–H groups in total. The molecule has 0 aliphatic heterocycles. The molecule has 28 heavy (non-hydrogen) atoms. The summed E-state index contributed by atoms with van der Waals surface area (Å²) in [6.45, 7) is 0.784. The van der Waals surface area contributed by atoms with E-state index in [1.165, 1.54) is 48.2 Å². The minimum atomic E-state index is 0.575. The van der Waals surface area contributed by atoms with E-state index in [-0.39, 0.29) is 0 Å². The van der Waals surface area contributed by atoms with Crippen molar-refractivity contribution < 1.29 is 0 Å². The molecule has 5 heteroatoms. The Bertz CT molecular complexity index is 1180. The van der Waals surface area contributed by atoms with Crippen LogP contribution in [0, 0.1) is 0 Å². The van der Waals surface area contributed by atoms with E-state index in [0.717, 1.165) is 22.6 Å². The molecule has 0 bridgehead atoms. The first kappa shape index (κ1) is 16.4. The molecule has 2 aromatic heterocycles. The number of halogens is 1. The number of imidazole rings is 2. The van der Waals surface area contributed by atoms with Crippen LogP contribution < -0.4 is 0 Å². The molecule has 4 nitrogen and oxygen atoms in total. The first-order chi connectivity index (χ1) is 13.8. The molecule has 2 aliphatic rings. The Labute approximate surface area is 168 Å². The number of aromatic nitrogens is 4. The molecule has 6 rings (SSSR count). The zero-order valence-electron chi connectivity index (χ0n) is 15.6. The number of hydrogen-bond donors (Lipinski definition) is 0. The minimum absolute atomic E-state index is 0.575. The Hall–Kier alpha value is -2.59. The molecule has 2 aliphatic carbocycles. The maximum atomic E-state index is 6.56. The fourth-order valence-corrected chi connectivity index (χ4v) is 4.35. The second kappa shape index (κ2) is 6.21. The first-order valence-electron chi connectivity index (χ1n) is 10.0. The van der Waals surface area contributed by atoms with Gasteiger partial charge in [-0.1, -0.05) is 35.9 Å². The maximum Gasteiger partial charge on any atom is 0.0960 e. The highest BCUT2D eigenvalue weighted by Crippen LogP contribution is 2.45.